The number of carbonyl (C=O) groups is 3. The Morgan fingerprint density at radius 2 is 1.82 bits per heavy atom. The number of furan rings is 1. The molecule has 40 heavy (non-hydrogen) atoms. The van der Waals surface area contributed by atoms with E-state index in [2.05, 4.69) is 17.2 Å². The van der Waals surface area contributed by atoms with Crippen molar-refractivity contribution in [2.24, 2.45) is 0 Å². The third kappa shape index (κ3) is 4.97. The Morgan fingerprint density at radius 3 is 2.50 bits per heavy atom. The summed E-state index contributed by atoms with van der Waals surface area (Å²) in [5.74, 6) is -0.674. The van der Waals surface area contributed by atoms with Gasteiger partial charge in [0.15, 0.2) is 0 Å². The number of alkyl halides is 3. The molecule has 2 aliphatic rings. The number of nitrogens with one attached hydrogen (secondary N) is 2. The van der Waals surface area contributed by atoms with Crippen molar-refractivity contribution in [3.63, 3.8) is 0 Å². The van der Waals surface area contributed by atoms with Gasteiger partial charge in [-0.15, -0.1) is 6.58 Å². The summed E-state index contributed by atoms with van der Waals surface area (Å²) in [5.41, 5.74) is -0.544. The minimum atomic E-state index is -4.72. The van der Waals surface area contributed by atoms with Gasteiger partial charge in [0, 0.05) is 6.54 Å². The molecule has 0 saturated heterocycles. The molecule has 0 spiro atoms. The summed E-state index contributed by atoms with van der Waals surface area (Å²) in [5, 5.41) is 5.35. The second-order valence-corrected chi connectivity index (χ2v) is 9.27. The Hall–Kier alpha value is -4.80. The van der Waals surface area contributed by atoms with Crippen LogP contribution >= 0.6 is 0 Å². The van der Waals surface area contributed by atoms with Gasteiger partial charge < -0.3 is 20.0 Å². The monoisotopic (exact) mass is 550 g/mol. The Labute approximate surface area is 227 Å². The predicted octanol–water partition coefficient (Wildman–Crippen LogP) is 4.70. The Bertz CT molecular complexity index is 1470. The first-order valence-electron chi connectivity index (χ1n) is 12.4. The summed E-state index contributed by atoms with van der Waals surface area (Å²) in [4.78, 5) is 43.3. The van der Waals surface area contributed by atoms with Gasteiger partial charge in [0.1, 0.15) is 11.8 Å². The van der Waals surface area contributed by atoms with Crippen LogP contribution in [0.3, 0.4) is 0 Å². The van der Waals surface area contributed by atoms with Crippen LogP contribution in [-0.2, 0) is 22.3 Å². The fourth-order valence-electron chi connectivity index (χ4n) is 5.08. The molecular weight excluding hydrogens is 525 g/mol. The van der Waals surface area contributed by atoms with Crippen LogP contribution in [0.5, 0.6) is 0 Å². The molecule has 3 aromatic rings. The third-order valence-electron chi connectivity index (χ3n) is 6.83. The predicted molar refractivity (Wildman–Crippen MR) is 138 cm³/mol. The van der Waals surface area contributed by atoms with Crippen LogP contribution in [-0.4, -0.2) is 40.7 Å². The first-order chi connectivity index (χ1) is 19.2. The smallest absolute Gasteiger partial charge is 0.416 e. The maximum atomic E-state index is 14.1. The zero-order valence-electron chi connectivity index (χ0n) is 21.1. The molecule has 0 fully saturated rings. The van der Waals surface area contributed by atoms with Crippen molar-refractivity contribution in [3.05, 3.63) is 119 Å². The van der Waals surface area contributed by atoms with E-state index >= 15 is 0 Å². The number of amides is 4. The molecule has 11 heteroatoms. The number of hydrogen-bond acceptors (Lipinski definition) is 4. The van der Waals surface area contributed by atoms with Gasteiger partial charge in [0.2, 0.25) is 5.91 Å². The lowest BCUT2D eigenvalue weighted by Gasteiger charge is -2.33. The SMILES string of the molecule is C=CCN1C(=O)N[C@H](c2ccccc2C(F)(F)F)C2=C1CN([C@H](C(=O)NCc1ccco1)c1ccccc1)C2=O. The topological polar surface area (TPSA) is 94.9 Å². The molecule has 0 unspecified atom stereocenters. The number of hydrogen-bond donors (Lipinski definition) is 2. The van der Waals surface area contributed by atoms with Crippen molar-refractivity contribution >= 4 is 17.8 Å². The highest BCUT2D eigenvalue weighted by molar-refractivity contribution is 6.04. The molecule has 206 valence electrons. The summed E-state index contributed by atoms with van der Waals surface area (Å²) in [7, 11) is 0. The van der Waals surface area contributed by atoms with E-state index in [-0.39, 0.29) is 36.5 Å². The number of halogens is 3. The molecule has 2 aliphatic heterocycles. The Kier molecular flexibility index (Phi) is 7.20. The molecule has 0 bridgehead atoms. The van der Waals surface area contributed by atoms with E-state index in [9.17, 15) is 27.6 Å². The number of carbonyl (C=O) groups excluding carboxylic acids is 3. The molecule has 2 N–H and O–H groups in total. The lowest BCUT2D eigenvalue weighted by atomic mass is 9.91. The van der Waals surface area contributed by atoms with E-state index in [1.165, 1.54) is 40.3 Å². The Morgan fingerprint density at radius 1 is 1.10 bits per heavy atom. The van der Waals surface area contributed by atoms with E-state index in [0.717, 1.165) is 6.07 Å². The van der Waals surface area contributed by atoms with Crippen molar-refractivity contribution in [2.75, 3.05) is 13.1 Å². The largest absolute Gasteiger partial charge is 0.467 e. The molecule has 0 aliphatic carbocycles. The second kappa shape index (κ2) is 10.8. The molecule has 3 heterocycles. The molecular formula is C29H25F3N4O4. The average molecular weight is 551 g/mol. The fraction of sp³-hybridized carbons (Fsp3) is 0.207. The highest BCUT2D eigenvalue weighted by Crippen LogP contribution is 2.43. The van der Waals surface area contributed by atoms with E-state index in [4.69, 9.17) is 4.42 Å². The van der Waals surface area contributed by atoms with E-state index in [1.807, 2.05) is 0 Å². The van der Waals surface area contributed by atoms with Crippen LogP contribution in [0.15, 0.2) is 101 Å². The highest BCUT2D eigenvalue weighted by Gasteiger charge is 2.49. The number of rotatable bonds is 8. The van der Waals surface area contributed by atoms with Gasteiger partial charge in [0.25, 0.3) is 5.91 Å². The van der Waals surface area contributed by atoms with Crippen molar-refractivity contribution in [1.82, 2.24) is 20.4 Å². The lowest BCUT2D eigenvalue weighted by molar-refractivity contribution is -0.138. The van der Waals surface area contributed by atoms with E-state index < -0.39 is 41.7 Å². The van der Waals surface area contributed by atoms with Gasteiger partial charge in [-0.2, -0.15) is 13.2 Å². The van der Waals surface area contributed by atoms with Crippen LogP contribution in [0.4, 0.5) is 18.0 Å². The van der Waals surface area contributed by atoms with Crippen LogP contribution in [0.2, 0.25) is 0 Å². The first-order valence-corrected chi connectivity index (χ1v) is 12.4. The standard InChI is InChI=1S/C29H25F3N4O4/c1-2-14-35-22-17-36(25(18-9-4-3-5-10-18)26(37)33-16-19-11-8-15-40-19)27(38)23(22)24(34-28(35)39)20-12-6-7-13-21(20)29(30,31)32/h2-13,15,24-25H,1,14,16-17H2,(H,33,37)(H,34,39)/t24-,25+/m1/s1. The normalized spacial score (nSPS) is 17.9. The van der Waals surface area contributed by atoms with Gasteiger partial charge in [-0.05, 0) is 29.3 Å². The molecule has 1 aromatic heterocycles. The van der Waals surface area contributed by atoms with Crippen LogP contribution in [0, 0.1) is 0 Å². The second-order valence-electron chi connectivity index (χ2n) is 9.27. The molecule has 0 saturated carbocycles. The highest BCUT2D eigenvalue weighted by atomic mass is 19.4. The summed E-state index contributed by atoms with van der Waals surface area (Å²) in [6.45, 7) is 3.57. The van der Waals surface area contributed by atoms with Crippen LogP contribution < -0.4 is 10.6 Å². The van der Waals surface area contributed by atoms with E-state index in [1.54, 1.807) is 42.5 Å². The summed E-state index contributed by atoms with van der Waals surface area (Å²) in [6, 6.07) is 13.5. The van der Waals surface area contributed by atoms with Crippen molar-refractivity contribution in [2.45, 2.75) is 24.8 Å². The lowest BCUT2D eigenvalue weighted by Crippen LogP contribution is -2.47. The van der Waals surface area contributed by atoms with Gasteiger partial charge in [0.05, 0.1) is 42.2 Å². The maximum Gasteiger partial charge on any atom is 0.416 e. The summed E-state index contributed by atoms with van der Waals surface area (Å²) >= 11 is 0. The zero-order valence-corrected chi connectivity index (χ0v) is 21.1. The Balaban J connectivity index is 1.57. The summed E-state index contributed by atoms with van der Waals surface area (Å²) < 4.78 is 47.2. The molecule has 0 radical (unpaired) electrons. The molecule has 2 aromatic carbocycles. The van der Waals surface area contributed by atoms with Crippen LogP contribution in [0.25, 0.3) is 0 Å². The first kappa shape index (κ1) is 26.8. The zero-order chi connectivity index (χ0) is 28.4. The average Bonchev–Trinajstić information content (AvgIpc) is 3.58. The molecule has 5 rings (SSSR count). The number of benzene rings is 2. The fourth-order valence-corrected chi connectivity index (χ4v) is 5.08. The minimum absolute atomic E-state index is 0.0140. The van der Waals surface area contributed by atoms with Gasteiger partial charge in [-0.3, -0.25) is 14.5 Å². The number of urea groups is 1. The maximum absolute atomic E-state index is 14.1. The van der Waals surface area contributed by atoms with Crippen LogP contribution in [0.1, 0.15) is 34.5 Å². The molecule has 8 nitrogen and oxygen atoms in total. The van der Waals surface area contributed by atoms with Gasteiger partial charge >= 0.3 is 12.2 Å². The minimum Gasteiger partial charge on any atom is -0.467 e. The quantitative estimate of drug-likeness (QED) is 0.398. The van der Waals surface area contributed by atoms with E-state index in [0.29, 0.717) is 11.3 Å². The van der Waals surface area contributed by atoms with Crippen molar-refractivity contribution in [3.8, 4) is 0 Å². The molecule has 4 amide bonds. The third-order valence-corrected chi connectivity index (χ3v) is 6.83. The number of nitrogens with zero attached hydrogens (tertiary/aromatic N) is 2. The summed E-state index contributed by atoms with van der Waals surface area (Å²) in [6.07, 6.45) is -1.80. The van der Waals surface area contributed by atoms with Crippen molar-refractivity contribution in [1.29, 1.82) is 0 Å². The molecule has 2 atom stereocenters. The van der Waals surface area contributed by atoms with Crippen molar-refractivity contribution < 1.29 is 32.0 Å². The van der Waals surface area contributed by atoms with Gasteiger partial charge in [-0.1, -0.05) is 54.6 Å². The van der Waals surface area contributed by atoms with Gasteiger partial charge in [-0.25, -0.2) is 4.79 Å².